The molecule has 1 aromatic carbocycles. The first-order valence-corrected chi connectivity index (χ1v) is 6.82. The minimum absolute atomic E-state index is 0.0779. The molecule has 0 saturated carbocycles. The highest BCUT2D eigenvalue weighted by Crippen LogP contribution is 2.31. The minimum atomic E-state index is -0.366. The first-order valence-electron chi connectivity index (χ1n) is 6.82. The summed E-state index contributed by atoms with van der Waals surface area (Å²) in [4.78, 5) is 23.2. The zero-order valence-corrected chi connectivity index (χ0v) is 12.0. The highest BCUT2D eigenvalue weighted by atomic mass is 16.5. The Hall–Kier alpha value is -2.10. The van der Waals surface area contributed by atoms with Gasteiger partial charge in [-0.1, -0.05) is 38.5 Å². The predicted molar refractivity (Wildman–Crippen MR) is 76.9 cm³/mol. The van der Waals surface area contributed by atoms with Crippen molar-refractivity contribution in [1.82, 2.24) is 5.32 Å². The van der Waals surface area contributed by atoms with Gasteiger partial charge in [-0.05, 0) is 17.5 Å². The molecule has 0 radical (unpaired) electrons. The summed E-state index contributed by atoms with van der Waals surface area (Å²) in [6, 6.07) is 7.23. The van der Waals surface area contributed by atoms with Gasteiger partial charge in [-0.2, -0.15) is 0 Å². The molecule has 1 heterocycles. The van der Waals surface area contributed by atoms with Crippen LogP contribution in [0.1, 0.15) is 43.1 Å². The van der Waals surface area contributed by atoms with E-state index in [0.717, 1.165) is 17.6 Å². The average molecular weight is 273 g/mol. The summed E-state index contributed by atoms with van der Waals surface area (Å²) >= 11 is 0. The van der Waals surface area contributed by atoms with Crippen molar-refractivity contribution in [3.8, 4) is 0 Å². The van der Waals surface area contributed by atoms with Crippen LogP contribution in [-0.2, 0) is 9.53 Å². The van der Waals surface area contributed by atoms with E-state index in [4.69, 9.17) is 4.74 Å². The summed E-state index contributed by atoms with van der Waals surface area (Å²) in [5.74, 6) is -0.185. The van der Waals surface area contributed by atoms with Crippen molar-refractivity contribution >= 4 is 17.4 Å². The molecule has 1 N–H and O–H groups in total. The van der Waals surface area contributed by atoms with Crippen molar-refractivity contribution in [2.75, 3.05) is 0 Å². The number of esters is 1. The number of benzene rings is 1. The van der Waals surface area contributed by atoms with Crippen LogP contribution in [0.15, 0.2) is 30.5 Å². The molecule has 0 aromatic heterocycles. The molecule has 0 unspecified atom stereocenters. The van der Waals surface area contributed by atoms with Crippen LogP contribution in [0.25, 0.3) is 5.57 Å². The molecule has 0 fully saturated rings. The van der Waals surface area contributed by atoms with Crippen LogP contribution in [0.4, 0.5) is 0 Å². The number of hydrogen-bond donors (Lipinski definition) is 1. The molecule has 0 saturated heterocycles. The standard InChI is InChI=1S/C16H19NO3/c1-4-10(2)15-14(9-20-11(3)18)12-7-5-6-8-13(12)16(19)17-15/h5-10,15H,4H2,1-3H3,(H,17,19)/b14-9-/t10-,15-/m0/s1. The van der Waals surface area contributed by atoms with Crippen LogP contribution in [0.5, 0.6) is 0 Å². The Balaban J connectivity index is 2.49. The lowest BCUT2D eigenvalue weighted by atomic mass is 9.83. The molecule has 0 aliphatic carbocycles. The summed E-state index contributed by atoms with van der Waals surface area (Å²) in [6.45, 7) is 5.50. The Morgan fingerprint density at radius 1 is 1.40 bits per heavy atom. The SMILES string of the molecule is CC[C@H](C)[C@@H]1NC(=O)c2ccccc2/C1=C/OC(C)=O. The highest BCUT2D eigenvalue weighted by Gasteiger charge is 2.31. The molecule has 0 bridgehead atoms. The van der Waals surface area contributed by atoms with Crippen LogP contribution >= 0.6 is 0 Å². The second kappa shape index (κ2) is 5.90. The molecule has 106 valence electrons. The number of fused-ring (bicyclic) bond motifs is 1. The number of carbonyl (C=O) groups is 2. The maximum Gasteiger partial charge on any atom is 0.307 e. The summed E-state index contributed by atoms with van der Waals surface area (Å²) in [7, 11) is 0. The summed E-state index contributed by atoms with van der Waals surface area (Å²) in [6.07, 6.45) is 2.39. The van der Waals surface area contributed by atoms with E-state index in [1.54, 1.807) is 6.07 Å². The van der Waals surface area contributed by atoms with E-state index in [0.29, 0.717) is 5.56 Å². The smallest absolute Gasteiger partial charge is 0.307 e. The molecule has 4 nitrogen and oxygen atoms in total. The van der Waals surface area contributed by atoms with Crippen molar-refractivity contribution in [3.05, 3.63) is 41.7 Å². The lowest BCUT2D eigenvalue weighted by Crippen LogP contribution is -2.44. The van der Waals surface area contributed by atoms with Gasteiger partial charge in [0.2, 0.25) is 0 Å². The monoisotopic (exact) mass is 273 g/mol. The number of hydrogen-bond acceptors (Lipinski definition) is 3. The molecule has 2 rings (SSSR count). The maximum absolute atomic E-state index is 12.2. The molecule has 1 aliphatic rings. The Morgan fingerprint density at radius 2 is 2.05 bits per heavy atom. The van der Waals surface area contributed by atoms with Gasteiger partial charge in [0, 0.05) is 18.1 Å². The normalized spacial score (nSPS) is 21.1. The second-order valence-corrected chi connectivity index (χ2v) is 5.06. The van der Waals surface area contributed by atoms with Crippen molar-refractivity contribution in [2.45, 2.75) is 33.2 Å². The number of nitrogens with one attached hydrogen (secondary N) is 1. The first-order chi connectivity index (χ1) is 9.54. The van der Waals surface area contributed by atoms with E-state index in [1.165, 1.54) is 13.2 Å². The Kier molecular flexibility index (Phi) is 4.23. The summed E-state index contributed by atoms with van der Waals surface area (Å²) in [5, 5.41) is 3.00. The molecule has 2 atom stereocenters. The largest absolute Gasteiger partial charge is 0.434 e. The molecule has 1 amide bonds. The lowest BCUT2D eigenvalue weighted by molar-refractivity contribution is -0.135. The fraction of sp³-hybridized carbons (Fsp3) is 0.375. The number of carbonyl (C=O) groups excluding carboxylic acids is 2. The molecule has 1 aliphatic heterocycles. The minimum Gasteiger partial charge on any atom is -0.434 e. The van der Waals surface area contributed by atoms with Gasteiger partial charge in [0.05, 0.1) is 6.04 Å². The summed E-state index contributed by atoms with van der Waals surface area (Å²) < 4.78 is 5.05. The third kappa shape index (κ3) is 2.74. The molecular formula is C16H19NO3. The quantitative estimate of drug-likeness (QED) is 0.680. The van der Waals surface area contributed by atoms with Crippen LogP contribution in [-0.4, -0.2) is 17.9 Å². The van der Waals surface area contributed by atoms with E-state index in [9.17, 15) is 9.59 Å². The van der Waals surface area contributed by atoms with Crippen molar-refractivity contribution in [3.63, 3.8) is 0 Å². The van der Waals surface area contributed by atoms with Gasteiger partial charge in [-0.15, -0.1) is 0 Å². The van der Waals surface area contributed by atoms with E-state index < -0.39 is 0 Å². The molecule has 4 heteroatoms. The number of rotatable bonds is 3. The van der Waals surface area contributed by atoms with Gasteiger partial charge in [0.1, 0.15) is 6.26 Å². The molecule has 20 heavy (non-hydrogen) atoms. The van der Waals surface area contributed by atoms with Crippen LogP contribution in [0.2, 0.25) is 0 Å². The molecule has 1 aromatic rings. The van der Waals surface area contributed by atoms with Gasteiger partial charge in [-0.25, -0.2) is 0 Å². The third-order valence-electron chi connectivity index (χ3n) is 3.67. The van der Waals surface area contributed by atoms with Crippen LogP contribution in [0.3, 0.4) is 0 Å². The van der Waals surface area contributed by atoms with Crippen LogP contribution < -0.4 is 5.32 Å². The number of amides is 1. The van der Waals surface area contributed by atoms with Gasteiger partial charge < -0.3 is 10.1 Å². The van der Waals surface area contributed by atoms with Crippen molar-refractivity contribution in [2.24, 2.45) is 5.92 Å². The van der Waals surface area contributed by atoms with E-state index in [1.807, 2.05) is 18.2 Å². The van der Waals surface area contributed by atoms with Gasteiger partial charge in [-0.3, -0.25) is 9.59 Å². The second-order valence-electron chi connectivity index (χ2n) is 5.06. The first kappa shape index (κ1) is 14.3. The average Bonchev–Trinajstić information content (AvgIpc) is 2.45. The highest BCUT2D eigenvalue weighted by molar-refractivity contribution is 6.03. The fourth-order valence-electron chi connectivity index (χ4n) is 2.36. The Labute approximate surface area is 118 Å². The lowest BCUT2D eigenvalue weighted by Gasteiger charge is -2.32. The van der Waals surface area contributed by atoms with Crippen LogP contribution in [0, 0.1) is 5.92 Å². The zero-order chi connectivity index (χ0) is 14.7. The zero-order valence-electron chi connectivity index (χ0n) is 12.0. The third-order valence-corrected chi connectivity index (χ3v) is 3.67. The van der Waals surface area contributed by atoms with E-state index in [-0.39, 0.29) is 23.8 Å². The maximum atomic E-state index is 12.2. The topological polar surface area (TPSA) is 55.4 Å². The van der Waals surface area contributed by atoms with E-state index >= 15 is 0 Å². The van der Waals surface area contributed by atoms with Gasteiger partial charge in [0.25, 0.3) is 5.91 Å². The van der Waals surface area contributed by atoms with Crippen molar-refractivity contribution in [1.29, 1.82) is 0 Å². The Bertz CT molecular complexity index is 563. The van der Waals surface area contributed by atoms with Gasteiger partial charge >= 0.3 is 5.97 Å². The molecular weight excluding hydrogens is 254 g/mol. The number of ether oxygens (including phenoxy) is 1. The predicted octanol–water partition coefficient (Wildman–Crippen LogP) is 2.75. The summed E-state index contributed by atoms with van der Waals surface area (Å²) in [5.41, 5.74) is 2.30. The molecule has 0 spiro atoms. The van der Waals surface area contributed by atoms with Gasteiger partial charge in [0.15, 0.2) is 0 Å². The Morgan fingerprint density at radius 3 is 2.65 bits per heavy atom. The fourth-order valence-corrected chi connectivity index (χ4v) is 2.36. The van der Waals surface area contributed by atoms with Crippen molar-refractivity contribution < 1.29 is 14.3 Å². The van der Waals surface area contributed by atoms with E-state index in [2.05, 4.69) is 19.2 Å².